The van der Waals surface area contributed by atoms with E-state index >= 15 is 0 Å². The lowest BCUT2D eigenvalue weighted by atomic mass is 10.2. The van der Waals surface area contributed by atoms with Crippen molar-refractivity contribution in [3.8, 4) is 6.07 Å². The maximum Gasteiger partial charge on any atom is 0.149 e. The van der Waals surface area contributed by atoms with Gasteiger partial charge in [0.25, 0.3) is 0 Å². The Bertz CT molecular complexity index is 417. The highest BCUT2D eigenvalue weighted by Crippen LogP contribution is 2.27. The Hall–Kier alpha value is -1.31. The van der Waals surface area contributed by atoms with Gasteiger partial charge in [-0.2, -0.15) is 5.26 Å². The molecule has 1 atom stereocenters. The van der Waals surface area contributed by atoms with E-state index in [1.54, 1.807) is 19.4 Å². The zero-order valence-electron chi connectivity index (χ0n) is 10.3. The number of aromatic nitrogens is 1. The summed E-state index contributed by atoms with van der Waals surface area (Å²) in [6.45, 7) is 5.39. The van der Waals surface area contributed by atoms with Crippen molar-refractivity contribution in [2.24, 2.45) is 0 Å². The summed E-state index contributed by atoms with van der Waals surface area (Å²) in [6, 6.07) is 3.82. The molecule has 1 heterocycles. The second-order valence-corrected chi connectivity index (χ2v) is 4.08. The molecule has 0 bridgehead atoms. The summed E-state index contributed by atoms with van der Waals surface area (Å²) in [5, 5.41) is 9.34. The molecule has 1 unspecified atom stereocenters. The number of methoxy groups -OCH3 is 1. The molecule has 0 saturated carbocycles. The van der Waals surface area contributed by atoms with E-state index in [-0.39, 0.29) is 6.04 Å². The highest BCUT2D eigenvalue weighted by atomic mass is 35.5. The number of pyridine rings is 1. The number of ether oxygens (including phenoxy) is 1. The van der Waals surface area contributed by atoms with E-state index in [4.69, 9.17) is 21.6 Å². The van der Waals surface area contributed by atoms with E-state index < -0.39 is 0 Å². The third kappa shape index (κ3) is 3.09. The molecule has 92 valence electrons. The third-order valence-corrected chi connectivity index (χ3v) is 2.92. The van der Waals surface area contributed by atoms with Crippen LogP contribution in [0.1, 0.15) is 19.4 Å². The molecule has 4 nitrogen and oxygen atoms in total. The normalized spacial score (nSPS) is 11.9. The lowest BCUT2D eigenvalue weighted by Gasteiger charge is -2.29. The lowest BCUT2D eigenvalue weighted by molar-refractivity contribution is 0.181. The van der Waals surface area contributed by atoms with Crippen molar-refractivity contribution in [3.05, 3.63) is 22.8 Å². The fraction of sp³-hybridized carbons (Fsp3) is 0.500. The molecular weight excluding hydrogens is 238 g/mol. The van der Waals surface area contributed by atoms with Crippen LogP contribution in [0.5, 0.6) is 0 Å². The number of hydrogen-bond acceptors (Lipinski definition) is 4. The predicted molar refractivity (Wildman–Crippen MR) is 68.3 cm³/mol. The first-order valence-electron chi connectivity index (χ1n) is 5.45. The molecule has 0 aliphatic heterocycles. The maximum absolute atomic E-state index is 8.93. The summed E-state index contributed by atoms with van der Waals surface area (Å²) in [6.07, 6.45) is 1.60. The Morgan fingerprint density at radius 1 is 1.65 bits per heavy atom. The third-order valence-electron chi connectivity index (χ3n) is 2.54. The average Bonchev–Trinajstić information content (AvgIpc) is 2.32. The first kappa shape index (κ1) is 13.8. The van der Waals surface area contributed by atoms with Gasteiger partial charge in [-0.15, -0.1) is 0 Å². The van der Waals surface area contributed by atoms with Crippen LogP contribution in [0.15, 0.2) is 12.3 Å². The summed E-state index contributed by atoms with van der Waals surface area (Å²) in [5.41, 5.74) is 0.444. The molecule has 0 N–H and O–H groups in total. The van der Waals surface area contributed by atoms with Crippen LogP contribution >= 0.6 is 11.6 Å². The van der Waals surface area contributed by atoms with E-state index in [2.05, 4.69) is 11.1 Å². The maximum atomic E-state index is 8.93. The molecule has 0 aliphatic carbocycles. The van der Waals surface area contributed by atoms with Crippen LogP contribution in [-0.2, 0) is 4.74 Å². The van der Waals surface area contributed by atoms with E-state index in [9.17, 15) is 0 Å². The number of nitriles is 1. The van der Waals surface area contributed by atoms with Crippen molar-refractivity contribution in [3.63, 3.8) is 0 Å². The van der Waals surface area contributed by atoms with Crippen LogP contribution in [0.4, 0.5) is 5.82 Å². The predicted octanol–water partition coefficient (Wildman–Crippen LogP) is 2.47. The molecule has 0 radical (unpaired) electrons. The van der Waals surface area contributed by atoms with E-state index in [1.165, 1.54) is 0 Å². The Kier molecular flexibility index (Phi) is 5.20. The highest BCUT2D eigenvalue weighted by Gasteiger charge is 2.18. The van der Waals surface area contributed by atoms with Crippen LogP contribution in [0.2, 0.25) is 5.02 Å². The van der Waals surface area contributed by atoms with Crippen molar-refractivity contribution in [1.29, 1.82) is 5.26 Å². The highest BCUT2D eigenvalue weighted by molar-refractivity contribution is 6.34. The van der Waals surface area contributed by atoms with Gasteiger partial charge in [0.2, 0.25) is 0 Å². The largest absolute Gasteiger partial charge is 0.383 e. The summed E-state index contributed by atoms with van der Waals surface area (Å²) < 4.78 is 5.13. The van der Waals surface area contributed by atoms with Crippen molar-refractivity contribution in [2.75, 3.05) is 25.2 Å². The van der Waals surface area contributed by atoms with Gasteiger partial charge in [-0.1, -0.05) is 11.6 Å². The molecule has 0 aliphatic rings. The van der Waals surface area contributed by atoms with Gasteiger partial charge in [0, 0.05) is 19.9 Å². The zero-order valence-corrected chi connectivity index (χ0v) is 11.0. The molecule has 5 heteroatoms. The molecule has 0 aromatic carbocycles. The zero-order chi connectivity index (χ0) is 12.8. The Balaban J connectivity index is 3.08. The van der Waals surface area contributed by atoms with E-state index in [0.29, 0.717) is 23.0 Å². The van der Waals surface area contributed by atoms with Gasteiger partial charge in [0.15, 0.2) is 0 Å². The molecule has 1 aromatic rings. The van der Waals surface area contributed by atoms with Gasteiger partial charge in [0.1, 0.15) is 16.9 Å². The number of anilines is 1. The van der Waals surface area contributed by atoms with Crippen molar-refractivity contribution < 1.29 is 4.74 Å². The molecular formula is C12H16ClN3O. The fourth-order valence-electron chi connectivity index (χ4n) is 1.72. The molecule has 0 spiro atoms. The summed E-state index contributed by atoms with van der Waals surface area (Å²) in [4.78, 5) is 6.27. The van der Waals surface area contributed by atoms with E-state index in [1.807, 2.05) is 18.7 Å². The first-order valence-corrected chi connectivity index (χ1v) is 5.83. The molecule has 0 amide bonds. The smallest absolute Gasteiger partial charge is 0.149 e. The summed E-state index contributed by atoms with van der Waals surface area (Å²) >= 11 is 6.16. The SMILES string of the molecule is CCN(c1nccc(C#N)c1Cl)C(C)COC. The minimum Gasteiger partial charge on any atom is -0.383 e. The van der Waals surface area contributed by atoms with Gasteiger partial charge < -0.3 is 9.64 Å². The summed E-state index contributed by atoms with van der Waals surface area (Å²) in [7, 11) is 1.66. The minimum absolute atomic E-state index is 0.156. The molecule has 0 fully saturated rings. The molecule has 1 aromatic heterocycles. The van der Waals surface area contributed by atoms with Gasteiger partial charge >= 0.3 is 0 Å². The van der Waals surface area contributed by atoms with Gasteiger partial charge in [-0.25, -0.2) is 4.98 Å². The van der Waals surface area contributed by atoms with Gasteiger partial charge in [-0.3, -0.25) is 0 Å². The number of hydrogen-bond donors (Lipinski definition) is 0. The molecule has 17 heavy (non-hydrogen) atoms. The second kappa shape index (κ2) is 6.43. The van der Waals surface area contributed by atoms with Crippen molar-refractivity contribution in [1.82, 2.24) is 4.98 Å². The van der Waals surface area contributed by atoms with Crippen molar-refractivity contribution in [2.45, 2.75) is 19.9 Å². The van der Waals surface area contributed by atoms with Crippen LogP contribution in [0, 0.1) is 11.3 Å². The molecule has 1 rings (SSSR count). The van der Waals surface area contributed by atoms with Crippen LogP contribution in [0.3, 0.4) is 0 Å². The number of halogens is 1. The Morgan fingerprint density at radius 3 is 2.88 bits per heavy atom. The van der Waals surface area contributed by atoms with Crippen molar-refractivity contribution >= 4 is 17.4 Å². The summed E-state index contributed by atoms with van der Waals surface area (Å²) in [5.74, 6) is 0.637. The standard InChI is InChI=1S/C12H16ClN3O/c1-4-16(9(2)8-17-3)12-11(13)10(7-14)5-6-15-12/h5-6,9H,4,8H2,1-3H3. The number of rotatable bonds is 5. The van der Waals surface area contributed by atoms with Crippen LogP contribution < -0.4 is 4.90 Å². The van der Waals surface area contributed by atoms with Gasteiger partial charge in [-0.05, 0) is 19.9 Å². The second-order valence-electron chi connectivity index (χ2n) is 3.70. The Morgan fingerprint density at radius 2 is 2.35 bits per heavy atom. The fourth-order valence-corrected chi connectivity index (χ4v) is 1.98. The topological polar surface area (TPSA) is 49.2 Å². The molecule has 0 saturated heterocycles. The number of nitrogens with zero attached hydrogens (tertiary/aromatic N) is 3. The van der Waals surface area contributed by atoms with Crippen LogP contribution in [0.25, 0.3) is 0 Å². The lowest BCUT2D eigenvalue weighted by Crippen LogP contribution is -2.37. The number of likely N-dealkylation sites (N-methyl/N-ethyl adjacent to an activating group) is 1. The quantitative estimate of drug-likeness (QED) is 0.809. The first-order chi connectivity index (χ1) is 8.15. The minimum atomic E-state index is 0.156. The monoisotopic (exact) mass is 253 g/mol. The van der Waals surface area contributed by atoms with Crippen LogP contribution in [-0.4, -0.2) is 31.3 Å². The average molecular weight is 254 g/mol. The van der Waals surface area contributed by atoms with Gasteiger partial charge in [0.05, 0.1) is 18.2 Å². The van der Waals surface area contributed by atoms with E-state index in [0.717, 1.165) is 6.54 Å². The Labute approximate surface area is 107 Å².